The van der Waals surface area contributed by atoms with Crippen molar-refractivity contribution in [3.63, 3.8) is 0 Å². The van der Waals surface area contributed by atoms with Gasteiger partial charge in [0.25, 0.3) is 0 Å². The molecule has 0 unspecified atom stereocenters. The number of aldehydes is 2. The first-order chi connectivity index (χ1) is 22.2. The number of phenolic OH excluding ortho intramolecular Hbond substituents is 1. The molecule has 13 heteroatoms. The van der Waals surface area contributed by atoms with Gasteiger partial charge in [0.2, 0.25) is 5.43 Å². The zero-order chi connectivity index (χ0) is 32.8. The highest BCUT2D eigenvalue weighted by molar-refractivity contribution is 6.02. The summed E-state index contributed by atoms with van der Waals surface area (Å²) in [5.41, 5.74) is -0.0662. The van der Waals surface area contributed by atoms with Gasteiger partial charge in [-0.15, -0.1) is 0 Å². The molecule has 3 aromatic carbocycles. The Bertz CT molecular complexity index is 1960. The Morgan fingerprint density at radius 3 is 2.28 bits per heavy atom. The largest absolute Gasteiger partial charge is 0.505 e. The monoisotopic (exact) mass is 633 g/mol. The average molecular weight is 634 g/mol. The van der Waals surface area contributed by atoms with Crippen molar-refractivity contribution in [3.05, 3.63) is 88.6 Å². The van der Waals surface area contributed by atoms with E-state index in [9.17, 15) is 38.2 Å². The zero-order valence-electron chi connectivity index (χ0n) is 23.9. The summed E-state index contributed by atoms with van der Waals surface area (Å²) in [4.78, 5) is 47.2. The van der Waals surface area contributed by atoms with Crippen LogP contribution in [0.1, 0.15) is 0 Å². The molecule has 0 saturated heterocycles. The summed E-state index contributed by atoms with van der Waals surface area (Å²) >= 11 is 0. The van der Waals surface area contributed by atoms with E-state index in [1.165, 1.54) is 23.1 Å². The molecule has 46 heavy (non-hydrogen) atoms. The molecule has 0 radical (unpaired) electrons. The fraction of sp³-hybridized carbons (Fsp3) is 0.152. The van der Waals surface area contributed by atoms with Crippen LogP contribution in [0, 0.1) is 11.6 Å². The molecule has 3 aromatic rings. The molecule has 1 heterocycles. The van der Waals surface area contributed by atoms with Crippen LogP contribution in [0.25, 0.3) is 33.4 Å². The molecule has 0 fully saturated rings. The number of para-hydroxylation sites is 2. The van der Waals surface area contributed by atoms with Crippen LogP contribution in [-0.4, -0.2) is 61.7 Å². The van der Waals surface area contributed by atoms with Gasteiger partial charge in [0.05, 0.1) is 12.2 Å². The SMILES string of the molecule is O=CCOc1ccccc1OCCOc1cc(-c2c3cc(F)c(=O)cc-3oc3cc(O)c(F)cc23)ccc1N(CC=O)CC(=O)O. The Labute approximate surface area is 259 Å². The molecule has 0 aromatic heterocycles. The predicted molar refractivity (Wildman–Crippen MR) is 161 cm³/mol. The second-order valence-electron chi connectivity index (χ2n) is 9.80. The maximum atomic E-state index is 14.6. The van der Waals surface area contributed by atoms with E-state index in [-0.39, 0.29) is 65.7 Å². The number of benzene rings is 4. The Hall–Kier alpha value is -5.98. The van der Waals surface area contributed by atoms with Crippen molar-refractivity contribution < 1.29 is 52.0 Å². The fourth-order valence-corrected chi connectivity index (χ4v) is 4.88. The lowest BCUT2D eigenvalue weighted by Crippen LogP contribution is -2.31. The Kier molecular flexibility index (Phi) is 9.41. The lowest BCUT2D eigenvalue weighted by atomic mass is 9.93. The van der Waals surface area contributed by atoms with Crippen LogP contribution in [0.5, 0.6) is 23.0 Å². The van der Waals surface area contributed by atoms with E-state index in [0.717, 1.165) is 24.3 Å². The highest BCUT2D eigenvalue weighted by Gasteiger charge is 2.23. The molecule has 1 aliphatic carbocycles. The van der Waals surface area contributed by atoms with Crippen LogP contribution in [0.15, 0.2) is 75.9 Å². The highest BCUT2D eigenvalue weighted by atomic mass is 19.1. The van der Waals surface area contributed by atoms with E-state index >= 15 is 0 Å². The average Bonchev–Trinajstić information content (AvgIpc) is 3.02. The van der Waals surface area contributed by atoms with Crippen LogP contribution in [-0.2, 0) is 14.4 Å². The molecule has 0 bridgehead atoms. The molecule has 2 aliphatic rings. The summed E-state index contributed by atoms with van der Waals surface area (Å²) in [5.74, 6) is -3.26. The number of halogens is 2. The Morgan fingerprint density at radius 2 is 1.59 bits per heavy atom. The molecule has 1 aliphatic heterocycles. The minimum atomic E-state index is -1.21. The van der Waals surface area contributed by atoms with Crippen molar-refractivity contribution in [1.29, 1.82) is 0 Å². The molecule has 0 saturated carbocycles. The number of hydrogen-bond donors (Lipinski definition) is 2. The third kappa shape index (κ3) is 6.73. The van der Waals surface area contributed by atoms with Gasteiger partial charge in [-0.2, -0.15) is 0 Å². The minimum absolute atomic E-state index is 0.00345. The minimum Gasteiger partial charge on any atom is -0.505 e. The highest BCUT2D eigenvalue weighted by Crippen LogP contribution is 2.44. The number of aliphatic carboxylic acids is 1. The quantitative estimate of drug-likeness (QED) is 0.0996. The molecular weight excluding hydrogens is 608 g/mol. The van der Waals surface area contributed by atoms with Crippen LogP contribution in [0.4, 0.5) is 14.5 Å². The number of carbonyl (C=O) groups is 3. The van der Waals surface area contributed by atoms with Gasteiger partial charge in [-0.3, -0.25) is 14.4 Å². The first-order valence-electron chi connectivity index (χ1n) is 13.7. The third-order valence-electron chi connectivity index (χ3n) is 6.81. The summed E-state index contributed by atoms with van der Waals surface area (Å²) < 4.78 is 52.0. The zero-order valence-corrected chi connectivity index (χ0v) is 23.9. The number of ether oxygens (including phenoxy) is 3. The number of rotatable bonds is 14. The Balaban J connectivity index is 1.59. The van der Waals surface area contributed by atoms with E-state index in [0.29, 0.717) is 29.6 Å². The van der Waals surface area contributed by atoms with E-state index in [1.807, 2.05) is 0 Å². The maximum Gasteiger partial charge on any atom is 0.323 e. The molecule has 11 nitrogen and oxygen atoms in total. The van der Waals surface area contributed by atoms with E-state index in [1.54, 1.807) is 24.3 Å². The summed E-state index contributed by atoms with van der Waals surface area (Å²) in [5, 5.41) is 19.6. The number of hydrogen-bond acceptors (Lipinski definition) is 10. The van der Waals surface area contributed by atoms with Crippen molar-refractivity contribution in [1.82, 2.24) is 0 Å². The van der Waals surface area contributed by atoms with Gasteiger partial charge in [-0.1, -0.05) is 18.2 Å². The van der Waals surface area contributed by atoms with Gasteiger partial charge >= 0.3 is 5.97 Å². The predicted octanol–water partition coefficient (Wildman–Crippen LogP) is 4.67. The standard InChI is InChI=1S/C33H25F2NO10/c34-22-14-20-29(16-25(22)39)46-30-17-26(40)23(35)15-21(30)33(20)19-5-6-24(36(7-8-37)18-32(41)42)31(13-19)45-12-11-44-28-4-2-1-3-27(28)43-10-9-38/h1-6,8-9,13-17,39H,7,10-12,18H2,(H,41,42). The van der Waals surface area contributed by atoms with E-state index in [2.05, 4.69) is 0 Å². The summed E-state index contributed by atoms with van der Waals surface area (Å²) in [6, 6.07) is 15.1. The summed E-state index contributed by atoms with van der Waals surface area (Å²) in [6.07, 6.45) is 1.12. The lowest BCUT2D eigenvalue weighted by molar-refractivity contribution is -0.135. The van der Waals surface area contributed by atoms with Crippen molar-refractivity contribution in [2.24, 2.45) is 0 Å². The number of nitrogens with zero attached hydrogens (tertiary/aromatic N) is 1. The van der Waals surface area contributed by atoms with Crippen molar-refractivity contribution in [2.75, 3.05) is 37.8 Å². The number of carbonyl (C=O) groups excluding carboxylic acids is 2. The van der Waals surface area contributed by atoms with Gasteiger partial charge in [0.15, 0.2) is 35.2 Å². The van der Waals surface area contributed by atoms with Gasteiger partial charge in [-0.25, -0.2) is 8.78 Å². The van der Waals surface area contributed by atoms with Gasteiger partial charge < -0.3 is 38.5 Å². The first-order valence-corrected chi connectivity index (χ1v) is 13.7. The third-order valence-corrected chi connectivity index (χ3v) is 6.81. The summed E-state index contributed by atoms with van der Waals surface area (Å²) in [7, 11) is 0. The van der Waals surface area contributed by atoms with Gasteiger partial charge in [-0.05, 0) is 42.0 Å². The fourth-order valence-electron chi connectivity index (χ4n) is 4.88. The second kappa shape index (κ2) is 13.8. The molecule has 0 atom stereocenters. The molecule has 2 N–H and O–H groups in total. The van der Waals surface area contributed by atoms with E-state index < -0.39 is 35.3 Å². The first kappa shape index (κ1) is 31.4. The second-order valence-corrected chi connectivity index (χ2v) is 9.80. The lowest BCUT2D eigenvalue weighted by Gasteiger charge is -2.24. The molecular formula is C33H25F2NO10. The van der Waals surface area contributed by atoms with Crippen LogP contribution in [0.3, 0.4) is 0 Å². The topological polar surface area (TPSA) is 153 Å². The van der Waals surface area contributed by atoms with Crippen LogP contribution in [0.2, 0.25) is 0 Å². The number of aromatic hydroxyl groups is 1. The van der Waals surface area contributed by atoms with Crippen molar-refractivity contribution in [3.8, 4) is 45.4 Å². The van der Waals surface area contributed by atoms with Crippen LogP contribution >= 0.6 is 0 Å². The Morgan fingerprint density at radius 1 is 0.870 bits per heavy atom. The normalized spacial score (nSPS) is 10.9. The van der Waals surface area contributed by atoms with E-state index in [4.69, 9.17) is 18.6 Å². The van der Waals surface area contributed by atoms with Crippen molar-refractivity contribution >= 4 is 35.2 Å². The van der Waals surface area contributed by atoms with Gasteiger partial charge in [0, 0.05) is 28.6 Å². The summed E-state index contributed by atoms with van der Waals surface area (Å²) in [6.45, 7) is -1.15. The number of anilines is 1. The van der Waals surface area contributed by atoms with Gasteiger partial charge in [0.1, 0.15) is 49.7 Å². The molecule has 0 spiro atoms. The number of carboxylic acid groups (broad SMARTS) is 1. The smallest absolute Gasteiger partial charge is 0.323 e. The van der Waals surface area contributed by atoms with Crippen LogP contribution < -0.4 is 24.5 Å². The van der Waals surface area contributed by atoms with Crippen molar-refractivity contribution in [2.45, 2.75) is 0 Å². The maximum absolute atomic E-state index is 14.6. The number of carboxylic acids is 1. The molecule has 236 valence electrons. The molecule has 5 rings (SSSR count). The molecule has 0 amide bonds. The number of fused-ring (bicyclic) bond motifs is 2. The number of phenols is 1.